The van der Waals surface area contributed by atoms with Crippen LogP contribution in [-0.4, -0.2) is 24.6 Å². The number of nitrogens with one attached hydrogen (secondary N) is 1. The van der Waals surface area contributed by atoms with Crippen molar-refractivity contribution < 1.29 is 19.2 Å². The van der Waals surface area contributed by atoms with E-state index in [1.807, 2.05) is 20.8 Å². The molecule has 1 aromatic carbocycles. The van der Waals surface area contributed by atoms with Gasteiger partial charge in [-0.05, 0) is 0 Å². The smallest absolute Gasteiger partial charge is 0.249 e. The second-order valence-electron chi connectivity index (χ2n) is 7.28. The lowest BCUT2D eigenvalue weighted by molar-refractivity contribution is -0.140. The van der Waals surface area contributed by atoms with Crippen molar-refractivity contribution in [3.05, 3.63) is 35.4 Å². The number of carbonyl (C=O) groups excluding carboxylic acids is 3. The molecule has 0 saturated carbocycles. The number of Topliss-reactive ketones (excluding diaryl/α,β-unsaturated/α-hetero) is 2. The van der Waals surface area contributed by atoms with Gasteiger partial charge in [0.1, 0.15) is 0 Å². The third kappa shape index (κ3) is 4.99. The summed E-state index contributed by atoms with van der Waals surface area (Å²) in [5.41, 5.74) is 1.95. The van der Waals surface area contributed by atoms with E-state index in [0.29, 0.717) is 11.1 Å². The van der Waals surface area contributed by atoms with E-state index < -0.39 is 10.8 Å². The zero-order valence-electron chi connectivity index (χ0n) is 14.6. The minimum absolute atomic E-state index is 0.0244. The number of ketones is 2. The number of rotatable bonds is 6. The molecule has 0 aliphatic rings. The van der Waals surface area contributed by atoms with Gasteiger partial charge >= 0.3 is 0 Å². The normalized spacial score (nSPS) is 11.9. The summed E-state index contributed by atoms with van der Waals surface area (Å²) in [6.07, 6.45) is 0.0504. The lowest BCUT2D eigenvalue weighted by Gasteiger charge is -2.22. The van der Waals surface area contributed by atoms with Crippen LogP contribution in [0.2, 0.25) is 0 Å². The minimum atomic E-state index is -0.882. The van der Waals surface area contributed by atoms with E-state index in [1.54, 1.807) is 38.1 Å². The van der Waals surface area contributed by atoms with Gasteiger partial charge in [-0.3, -0.25) is 19.2 Å². The summed E-state index contributed by atoms with van der Waals surface area (Å²) in [6.45, 7) is 8.91. The summed E-state index contributed by atoms with van der Waals surface area (Å²) in [5.74, 6) is -0.486. The molecular formula is C18H25NO4. The number of hydrogen-bond donors (Lipinski definition) is 1. The zero-order valence-corrected chi connectivity index (χ0v) is 14.6. The molecule has 0 atom stereocenters. The number of amides is 1. The monoisotopic (exact) mass is 319 g/mol. The lowest BCUT2D eigenvalue weighted by atomic mass is 9.83. The van der Waals surface area contributed by atoms with Crippen molar-refractivity contribution in [2.45, 2.75) is 41.0 Å². The molecule has 0 fully saturated rings. The van der Waals surface area contributed by atoms with Crippen LogP contribution >= 0.6 is 0 Å². The molecule has 0 unspecified atom stereocenters. The summed E-state index contributed by atoms with van der Waals surface area (Å²) in [7, 11) is 1.35. The van der Waals surface area contributed by atoms with Crippen LogP contribution in [0.15, 0.2) is 24.3 Å². The Hall–Kier alpha value is -2.01. The number of hydrogen-bond acceptors (Lipinski definition) is 4. The van der Waals surface area contributed by atoms with E-state index in [2.05, 4.69) is 10.3 Å². The van der Waals surface area contributed by atoms with E-state index in [9.17, 15) is 14.4 Å². The van der Waals surface area contributed by atoms with Crippen molar-refractivity contribution in [2.75, 3.05) is 7.11 Å². The van der Waals surface area contributed by atoms with Gasteiger partial charge in [-0.2, -0.15) is 0 Å². The van der Waals surface area contributed by atoms with Crippen molar-refractivity contribution in [1.82, 2.24) is 5.48 Å². The van der Waals surface area contributed by atoms with Gasteiger partial charge in [-0.15, -0.1) is 0 Å². The van der Waals surface area contributed by atoms with Crippen LogP contribution in [0.1, 0.15) is 61.8 Å². The molecule has 5 nitrogen and oxygen atoms in total. The molecule has 1 amide bonds. The average Bonchev–Trinajstić information content (AvgIpc) is 2.45. The van der Waals surface area contributed by atoms with Crippen molar-refractivity contribution in [3.8, 4) is 0 Å². The predicted octanol–water partition coefficient (Wildman–Crippen LogP) is 3.19. The Bertz CT molecular complexity index is 594. The molecule has 0 radical (unpaired) electrons. The Balaban J connectivity index is 2.86. The van der Waals surface area contributed by atoms with E-state index in [-0.39, 0.29) is 23.9 Å². The molecule has 1 N–H and O–H groups in total. The maximum atomic E-state index is 12.3. The van der Waals surface area contributed by atoms with E-state index >= 15 is 0 Å². The summed E-state index contributed by atoms with van der Waals surface area (Å²) < 4.78 is 0. The number of benzene rings is 1. The molecule has 126 valence electrons. The third-order valence-corrected chi connectivity index (χ3v) is 3.56. The van der Waals surface area contributed by atoms with Crippen molar-refractivity contribution in [3.63, 3.8) is 0 Å². The largest absolute Gasteiger partial charge is 0.294 e. The first-order valence-corrected chi connectivity index (χ1v) is 7.50. The van der Waals surface area contributed by atoms with Crippen LogP contribution < -0.4 is 5.48 Å². The van der Waals surface area contributed by atoms with Gasteiger partial charge in [0.05, 0.1) is 12.5 Å². The highest BCUT2D eigenvalue weighted by Crippen LogP contribution is 2.25. The van der Waals surface area contributed by atoms with E-state index in [1.165, 1.54) is 7.11 Å². The Morgan fingerprint density at radius 2 is 1.43 bits per heavy atom. The van der Waals surface area contributed by atoms with Crippen LogP contribution in [0.25, 0.3) is 0 Å². The van der Waals surface area contributed by atoms with Crippen LogP contribution in [-0.2, 0) is 9.63 Å². The summed E-state index contributed by atoms with van der Waals surface area (Å²) in [6, 6.07) is 6.57. The molecule has 0 aliphatic heterocycles. The predicted molar refractivity (Wildman–Crippen MR) is 88.1 cm³/mol. The van der Waals surface area contributed by atoms with Crippen LogP contribution in [0.4, 0.5) is 0 Å². The molecule has 23 heavy (non-hydrogen) atoms. The highest BCUT2D eigenvalue weighted by molar-refractivity contribution is 6.02. The van der Waals surface area contributed by atoms with E-state index in [4.69, 9.17) is 0 Å². The maximum Gasteiger partial charge on any atom is 0.249 e. The fourth-order valence-corrected chi connectivity index (χ4v) is 2.06. The fraction of sp³-hybridized carbons (Fsp3) is 0.500. The molecule has 0 aromatic heterocycles. The average molecular weight is 319 g/mol. The van der Waals surface area contributed by atoms with E-state index in [0.717, 1.165) is 0 Å². The summed E-state index contributed by atoms with van der Waals surface area (Å²) >= 11 is 0. The fourth-order valence-electron chi connectivity index (χ4n) is 2.06. The van der Waals surface area contributed by atoms with Gasteiger partial charge in [-0.1, -0.05) is 58.9 Å². The highest BCUT2D eigenvalue weighted by Gasteiger charge is 2.31. The molecule has 0 saturated heterocycles. The van der Waals surface area contributed by atoms with Crippen LogP contribution in [0.3, 0.4) is 0 Å². The van der Waals surface area contributed by atoms with Crippen LogP contribution in [0.5, 0.6) is 0 Å². The summed E-state index contributed by atoms with van der Waals surface area (Å²) in [5, 5.41) is 0. The second kappa shape index (κ2) is 7.04. The first-order valence-electron chi connectivity index (χ1n) is 7.50. The van der Waals surface area contributed by atoms with Gasteiger partial charge < -0.3 is 0 Å². The molecule has 0 spiro atoms. The van der Waals surface area contributed by atoms with Gasteiger partial charge in [-0.25, -0.2) is 5.48 Å². The first kappa shape index (κ1) is 19.0. The Morgan fingerprint density at radius 3 is 1.87 bits per heavy atom. The SMILES string of the molecule is CONC(=O)C(C)(C)CC(=O)c1ccc(C(=O)C(C)(C)C)cc1. The van der Waals surface area contributed by atoms with Crippen molar-refractivity contribution in [1.29, 1.82) is 0 Å². The molecular weight excluding hydrogens is 294 g/mol. The van der Waals surface area contributed by atoms with Crippen LogP contribution in [0, 0.1) is 10.8 Å². The molecule has 0 heterocycles. The maximum absolute atomic E-state index is 12.3. The topological polar surface area (TPSA) is 72.5 Å². The third-order valence-electron chi connectivity index (χ3n) is 3.56. The van der Waals surface area contributed by atoms with Crippen molar-refractivity contribution >= 4 is 17.5 Å². The second-order valence-corrected chi connectivity index (χ2v) is 7.28. The standard InChI is InChI=1S/C18H25NO4/c1-17(2,3)15(21)13-9-7-12(8-10-13)14(20)11-18(4,5)16(22)19-23-6/h7-10H,11H2,1-6H3,(H,19,22). The molecule has 1 aromatic rings. The van der Waals surface area contributed by atoms with Crippen molar-refractivity contribution in [2.24, 2.45) is 10.8 Å². The first-order chi connectivity index (χ1) is 10.5. The zero-order chi connectivity index (χ0) is 17.8. The summed E-state index contributed by atoms with van der Waals surface area (Å²) in [4.78, 5) is 41.0. The quantitative estimate of drug-likeness (QED) is 0.645. The Morgan fingerprint density at radius 1 is 0.957 bits per heavy atom. The lowest BCUT2D eigenvalue weighted by Crippen LogP contribution is -2.37. The molecule has 1 rings (SSSR count). The van der Waals surface area contributed by atoms with Gasteiger partial charge in [0, 0.05) is 23.0 Å². The van der Waals surface area contributed by atoms with Gasteiger partial charge in [0.15, 0.2) is 11.6 Å². The number of hydroxylamine groups is 1. The van der Waals surface area contributed by atoms with Gasteiger partial charge in [0.25, 0.3) is 0 Å². The van der Waals surface area contributed by atoms with Gasteiger partial charge in [0.2, 0.25) is 5.91 Å². The Kier molecular flexibility index (Phi) is 5.83. The Labute approximate surface area is 137 Å². The molecule has 0 aliphatic carbocycles. The molecule has 5 heteroatoms. The minimum Gasteiger partial charge on any atom is -0.294 e. The number of carbonyl (C=O) groups is 3. The highest BCUT2D eigenvalue weighted by atomic mass is 16.6. The molecule has 0 bridgehead atoms.